The molecule has 1 aliphatic carbocycles. The molecule has 1 aromatic carbocycles. The molecule has 0 radical (unpaired) electrons. The molecular formula is C13H14FN3OS2. The van der Waals surface area contributed by atoms with Crippen LogP contribution in [0.25, 0.3) is 0 Å². The van der Waals surface area contributed by atoms with Gasteiger partial charge < -0.3 is 10.1 Å². The van der Waals surface area contributed by atoms with Crippen molar-refractivity contribution in [2.24, 2.45) is 0 Å². The first-order chi connectivity index (χ1) is 9.74. The van der Waals surface area contributed by atoms with Gasteiger partial charge in [0.05, 0.1) is 7.11 Å². The molecule has 4 nitrogen and oxygen atoms in total. The monoisotopic (exact) mass is 311 g/mol. The molecule has 106 valence electrons. The maximum absolute atomic E-state index is 13.6. The lowest BCUT2D eigenvalue weighted by atomic mass is 10.2. The van der Waals surface area contributed by atoms with Crippen LogP contribution >= 0.6 is 23.1 Å². The van der Waals surface area contributed by atoms with Crippen molar-refractivity contribution in [2.75, 3.05) is 12.4 Å². The van der Waals surface area contributed by atoms with E-state index in [1.807, 2.05) is 6.07 Å². The summed E-state index contributed by atoms with van der Waals surface area (Å²) in [5, 5.41) is 12.4. The van der Waals surface area contributed by atoms with Gasteiger partial charge in [-0.2, -0.15) is 0 Å². The second-order valence-corrected chi connectivity index (χ2v) is 6.75. The van der Waals surface area contributed by atoms with Gasteiger partial charge in [-0.15, -0.1) is 10.2 Å². The van der Waals surface area contributed by atoms with Gasteiger partial charge in [0.25, 0.3) is 0 Å². The van der Waals surface area contributed by atoms with Crippen molar-refractivity contribution < 1.29 is 9.13 Å². The minimum absolute atomic E-state index is 0.269. The Kier molecular flexibility index (Phi) is 4.07. The van der Waals surface area contributed by atoms with Crippen LogP contribution in [-0.2, 0) is 5.75 Å². The van der Waals surface area contributed by atoms with Crippen molar-refractivity contribution in [3.63, 3.8) is 0 Å². The normalized spacial score (nSPS) is 14.3. The molecule has 1 fully saturated rings. The number of halogens is 1. The Balaban J connectivity index is 1.58. The quantitative estimate of drug-likeness (QED) is 0.827. The molecule has 1 heterocycles. The summed E-state index contributed by atoms with van der Waals surface area (Å²) in [6, 6.07) is 5.58. The Bertz CT molecular complexity index is 601. The molecule has 1 N–H and O–H groups in total. The van der Waals surface area contributed by atoms with Gasteiger partial charge in [-0.3, -0.25) is 0 Å². The van der Waals surface area contributed by atoms with Gasteiger partial charge >= 0.3 is 0 Å². The zero-order chi connectivity index (χ0) is 13.9. The molecular weight excluding hydrogens is 297 g/mol. The number of methoxy groups -OCH3 is 1. The maximum atomic E-state index is 13.6. The number of thioether (sulfide) groups is 1. The number of hydrogen-bond acceptors (Lipinski definition) is 6. The predicted molar refractivity (Wildman–Crippen MR) is 79.1 cm³/mol. The number of nitrogens with one attached hydrogen (secondary N) is 1. The van der Waals surface area contributed by atoms with Crippen LogP contribution in [-0.4, -0.2) is 23.3 Å². The molecule has 7 heteroatoms. The van der Waals surface area contributed by atoms with Crippen molar-refractivity contribution in [1.29, 1.82) is 0 Å². The fourth-order valence-corrected chi connectivity index (χ4v) is 3.45. The van der Waals surface area contributed by atoms with Crippen LogP contribution in [0, 0.1) is 5.82 Å². The summed E-state index contributed by atoms with van der Waals surface area (Å²) in [5.41, 5.74) is 0.903. The van der Waals surface area contributed by atoms with Gasteiger partial charge in [0.2, 0.25) is 5.13 Å². The molecule has 0 spiro atoms. The van der Waals surface area contributed by atoms with E-state index in [0.29, 0.717) is 11.8 Å². The molecule has 0 amide bonds. The molecule has 0 unspecified atom stereocenters. The van der Waals surface area contributed by atoms with Crippen LogP contribution in [0.1, 0.15) is 18.4 Å². The van der Waals surface area contributed by atoms with Crippen molar-refractivity contribution in [1.82, 2.24) is 10.2 Å². The highest BCUT2D eigenvalue weighted by atomic mass is 32.2. The number of aromatic nitrogens is 2. The van der Waals surface area contributed by atoms with Gasteiger partial charge in [0.1, 0.15) is 0 Å². The third-order valence-corrected chi connectivity index (χ3v) is 4.95. The van der Waals surface area contributed by atoms with Crippen LogP contribution in [0.2, 0.25) is 0 Å². The van der Waals surface area contributed by atoms with E-state index in [1.165, 1.54) is 26.0 Å². The van der Waals surface area contributed by atoms with Crippen LogP contribution in [0.15, 0.2) is 22.5 Å². The van der Waals surface area contributed by atoms with Gasteiger partial charge in [-0.05, 0) is 30.5 Å². The number of benzene rings is 1. The second kappa shape index (κ2) is 5.97. The van der Waals surface area contributed by atoms with E-state index in [4.69, 9.17) is 4.74 Å². The SMILES string of the molecule is COc1ccc(CSc2nnc(NC3CC3)s2)cc1F. The zero-order valence-corrected chi connectivity index (χ0v) is 12.6. The van der Waals surface area contributed by atoms with Crippen molar-refractivity contribution in [2.45, 2.75) is 29.0 Å². The molecule has 20 heavy (non-hydrogen) atoms. The Morgan fingerprint density at radius 1 is 1.45 bits per heavy atom. The summed E-state index contributed by atoms with van der Waals surface area (Å²) in [7, 11) is 1.46. The number of rotatable bonds is 6. The average molecular weight is 311 g/mol. The molecule has 0 aliphatic heterocycles. The van der Waals surface area contributed by atoms with Gasteiger partial charge in [-0.25, -0.2) is 4.39 Å². The standard InChI is InChI=1S/C13H14FN3OS2/c1-18-11-5-2-8(6-10(11)14)7-19-13-17-16-12(20-13)15-9-3-4-9/h2,5-6,9H,3-4,7H2,1H3,(H,15,16). The van der Waals surface area contributed by atoms with Crippen LogP contribution < -0.4 is 10.1 Å². The van der Waals surface area contributed by atoms with E-state index in [9.17, 15) is 4.39 Å². The Morgan fingerprint density at radius 2 is 2.30 bits per heavy atom. The summed E-state index contributed by atoms with van der Waals surface area (Å²) >= 11 is 3.10. The molecule has 3 rings (SSSR count). The van der Waals surface area contributed by atoms with E-state index in [0.717, 1.165) is 15.0 Å². The van der Waals surface area contributed by atoms with Gasteiger partial charge in [0.15, 0.2) is 15.9 Å². The second-order valence-electron chi connectivity index (χ2n) is 4.55. The Labute approximate surface area is 124 Å². The van der Waals surface area contributed by atoms with Crippen molar-refractivity contribution >= 4 is 28.2 Å². The fraction of sp³-hybridized carbons (Fsp3) is 0.385. The number of nitrogens with zero attached hydrogens (tertiary/aromatic N) is 2. The van der Waals surface area contributed by atoms with Crippen LogP contribution in [0.3, 0.4) is 0 Å². The van der Waals surface area contributed by atoms with E-state index < -0.39 is 0 Å². The molecule has 0 bridgehead atoms. The summed E-state index contributed by atoms with van der Waals surface area (Å²) in [4.78, 5) is 0. The summed E-state index contributed by atoms with van der Waals surface area (Å²) in [6.07, 6.45) is 2.43. The van der Waals surface area contributed by atoms with E-state index in [1.54, 1.807) is 29.2 Å². The summed E-state index contributed by atoms with van der Waals surface area (Å²) < 4.78 is 19.4. The largest absolute Gasteiger partial charge is 0.494 e. The number of hydrogen-bond donors (Lipinski definition) is 1. The summed E-state index contributed by atoms with van der Waals surface area (Å²) in [6.45, 7) is 0. The Morgan fingerprint density at radius 3 is 3.00 bits per heavy atom. The third kappa shape index (κ3) is 3.40. The molecule has 2 aromatic rings. The van der Waals surface area contributed by atoms with Crippen LogP contribution in [0.4, 0.5) is 9.52 Å². The molecule has 1 aromatic heterocycles. The topological polar surface area (TPSA) is 47.0 Å². The van der Waals surface area contributed by atoms with Gasteiger partial charge in [-0.1, -0.05) is 29.2 Å². The highest BCUT2D eigenvalue weighted by Crippen LogP contribution is 2.32. The Hall–Kier alpha value is -1.34. The number of anilines is 1. The third-order valence-electron chi connectivity index (χ3n) is 2.89. The molecule has 0 saturated heterocycles. The lowest BCUT2D eigenvalue weighted by Gasteiger charge is -2.03. The smallest absolute Gasteiger partial charge is 0.206 e. The van der Waals surface area contributed by atoms with Crippen molar-refractivity contribution in [3.05, 3.63) is 29.6 Å². The van der Waals surface area contributed by atoms with Crippen molar-refractivity contribution in [3.8, 4) is 5.75 Å². The first-order valence-corrected chi connectivity index (χ1v) is 8.10. The van der Waals surface area contributed by atoms with Gasteiger partial charge in [0, 0.05) is 11.8 Å². The molecule has 1 saturated carbocycles. The van der Waals surface area contributed by atoms with E-state index >= 15 is 0 Å². The minimum Gasteiger partial charge on any atom is -0.494 e. The molecule has 0 atom stereocenters. The average Bonchev–Trinajstić information content (AvgIpc) is 3.14. The lowest BCUT2D eigenvalue weighted by Crippen LogP contribution is -1.99. The minimum atomic E-state index is -0.334. The fourth-order valence-electron chi connectivity index (χ4n) is 1.67. The molecule has 1 aliphatic rings. The first kappa shape index (κ1) is 13.6. The van der Waals surface area contributed by atoms with E-state index in [-0.39, 0.29) is 11.6 Å². The first-order valence-electron chi connectivity index (χ1n) is 6.30. The number of ether oxygens (including phenoxy) is 1. The summed E-state index contributed by atoms with van der Waals surface area (Å²) in [5.74, 6) is 0.600. The highest BCUT2D eigenvalue weighted by Gasteiger charge is 2.22. The maximum Gasteiger partial charge on any atom is 0.206 e. The van der Waals surface area contributed by atoms with Crippen LogP contribution in [0.5, 0.6) is 5.75 Å². The predicted octanol–water partition coefficient (Wildman–Crippen LogP) is 3.55. The zero-order valence-electron chi connectivity index (χ0n) is 10.9. The van der Waals surface area contributed by atoms with E-state index in [2.05, 4.69) is 15.5 Å². The highest BCUT2D eigenvalue weighted by molar-refractivity contribution is 8.00. The lowest BCUT2D eigenvalue weighted by molar-refractivity contribution is 0.386.